The molecule has 3 rings (SSSR count). The van der Waals surface area contributed by atoms with Crippen molar-refractivity contribution in [1.82, 2.24) is 14.7 Å². The van der Waals surface area contributed by atoms with E-state index in [4.69, 9.17) is 4.42 Å². The molecule has 0 bridgehead atoms. The van der Waals surface area contributed by atoms with E-state index < -0.39 is 0 Å². The van der Waals surface area contributed by atoms with Crippen molar-refractivity contribution in [3.8, 4) is 0 Å². The van der Waals surface area contributed by atoms with Gasteiger partial charge < -0.3 is 9.73 Å². The van der Waals surface area contributed by atoms with E-state index in [1.165, 1.54) is 4.40 Å². The molecule has 0 aliphatic heterocycles. The molecule has 0 saturated carbocycles. The minimum atomic E-state index is -0.0937. The predicted octanol–water partition coefficient (Wildman–Crippen LogP) is 2.90. The van der Waals surface area contributed by atoms with E-state index >= 15 is 0 Å². The zero-order chi connectivity index (χ0) is 14.8. The fourth-order valence-corrected chi connectivity index (χ4v) is 2.45. The zero-order valence-corrected chi connectivity index (χ0v) is 13.0. The molecule has 3 aromatic heterocycles. The number of nitrogens with one attached hydrogen (secondary N) is 1. The van der Waals surface area contributed by atoms with Crippen molar-refractivity contribution >= 4 is 21.6 Å². The van der Waals surface area contributed by atoms with Crippen molar-refractivity contribution in [1.29, 1.82) is 0 Å². The van der Waals surface area contributed by atoms with Crippen molar-refractivity contribution in [3.63, 3.8) is 0 Å². The number of pyridine rings is 1. The monoisotopic (exact) mass is 347 g/mol. The quantitative estimate of drug-likeness (QED) is 0.788. The molecule has 21 heavy (non-hydrogen) atoms. The van der Waals surface area contributed by atoms with Crippen LogP contribution in [0.15, 0.2) is 56.5 Å². The van der Waals surface area contributed by atoms with Crippen LogP contribution >= 0.6 is 15.9 Å². The number of furan rings is 1. The van der Waals surface area contributed by atoms with E-state index in [9.17, 15) is 4.79 Å². The van der Waals surface area contributed by atoms with Gasteiger partial charge in [0.15, 0.2) is 0 Å². The summed E-state index contributed by atoms with van der Waals surface area (Å²) in [5.41, 5.74) is 1.25. The van der Waals surface area contributed by atoms with Crippen LogP contribution in [0.2, 0.25) is 0 Å². The first-order valence-corrected chi connectivity index (χ1v) is 7.37. The maximum atomic E-state index is 12.1. The SMILES string of the molecule is C[C@H](NCc1cc(=O)n2cc(Br)ccc2n1)c1ccco1. The summed E-state index contributed by atoms with van der Waals surface area (Å²) in [4.78, 5) is 16.6. The highest BCUT2D eigenvalue weighted by atomic mass is 79.9. The van der Waals surface area contributed by atoms with Gasteiger partial charge in [-0.2, -0.15) is 0 Å². The Hall–Kier alpha value is -1.92. The molecule has 0 fully saturated rings. The van der Waals surface area contributed by atoms with E-state index in [1.54, 1.807) is 18.5 Å². The lowest BCUT2D eigenvalue weighted by Gasteiger charge is -2.11. The Morgan fingerprint density at radius 1 is 1.43 bits per heavy atom. The highest BCUT2D eigenvalue weighted by Gasteiger charge is 2.09. The number of hydrogen-bond acceptors (Lipinski definition) is 4. The number of rotatable bonds is 4. The minimum Gasteiger partial charge on any atom is -0.468 e. The Kier molecular flexibility index (Phi) is 3.90. The largest absolute Gasteiger partial charge is 0.468 e. The van der Waals surface area contributed by atoms with E-state index in [0.29, 0.717) is 17.9 Å². The third kappa shape index (κ3) is 3.06. The van der Waals surface area contributed by atoms with Gasteiger partial charge >= 0.3 is 0 Å². The second kappa shape index (κ2) is 5.83. The maximum Gasteiger partial charge on any atom is 0.258 e. The Morgan fingerprint density at radius 2 is 2.29 bits per heavy atom. The van der Waals surface area contributed by atoms with E-state index in [2.05, 4.69) is 26.2 Å². The molecule has 0 spiro atoms. The summed E-state index contributed by atoms with van der Waals surface area (Å²) in [6.45, 7) is 2.51. The van der Waals surface area contributed by atoms with Crippen molar-refractivity contribution in [3.05, 3.63) is 69.1 Å². The predicted molar refractivity (Wildman–Crippen MR) is 83.1 cm³/mol. The van der Waals surface area contributed by atoms with Crippen LogP contribution in [0.3, 0.4) is 0 Å². The van der Waals surface area contributed by atoms with Gasteiger partial charge in [0.2, 0.25) is 0 Å². The van der Waals surface area contributed by atoms with Crippen LogP contribution in [-0.2, 0) is 6.54 Å². The summed E-state index contributed by atoms with van der Waals surface area (Å²) in [5.74, 6) is 0.858. The first-order valence-electron chi connectivity index (χ1n) is 6.58. The number of aromatic nitrogens is 2. The lowest BCUT2D eigenvalue weighted by atomic mass is 10.2. The second-order valence-corrected chi connectivity index (χ2v) is 5.69. The topological polar surface area (TPSA) is 59.5 Å². The van der Waals surface area contributed by atoms with Crippen LogP contribution in [0.5, 0.6) is 0 Å². The molecule has 6 heteroatoms. The molecule has 0 radical (unpaired) electrons. The molecule has 0 unspecified atom stereocenters. The lowest BCUT2D eigenvalue weighted by Crippen LogP contribution is -2.22. The molecule has 3 heterocycles. The van der Waals surface area contributed by atoms with E-state index in [-0.39, 0.29) is 11.6 Å². The minimum absolute atomic E-state index is 0.0603. The van der Waals surface area contributed by atoms with Crippen LogP contribution in [0, 0.1) is 0 Å². The number of halogens is 1. The molecular weight excluding hydrogens is 334 g/mol. The van der Waals surface area contributed by atoms with Gasteiger partial charge in [-0.3, -0.25) is 9.20 Å². The summed E-state index contributed by atoms with van der Waals surface area (Å²) in [6.07, 6.45) is 3.36. The van der Waals surface area contributed by atoms with Crippen LogP contribution in [0.1, 0.15) is 24.4 Å². The molecule has 0 aliphatic rings. The Bertz CT molecular complexity index is 811. The standard InChI is InChI=1S/C15H14BrN3O2/c1-10(13-3-2-6-21-13)17-8-12-7-15(20)19-9-11(16)4-5-14(19)18-12/h2-7,9-10,17H,8H2,1H3/t10-/m0/s1. The fraction of sp³-hybridized carbons (Fsp3) is 0.200. The molecule has 108 valence electrons. The summed E-state index contributed by atoms with van der Waals surface area (Å²) in [6, 6.07) is 9.05. The fourth-order valence-electron chi connectivity index (χ4n) is 2.11. The molecule has 3 aromatic rings. The summed E-state index contributed by atoms with van der Waals surface area (Å²) < 4.78 is 7.70. The van der Waals surface area contributed by atoms with Crippen LogP contribution in [0.25, 0.3) is 5.65 Å². The molecule has 1 N–H and O–H groups in total. The van der Waals surface area contributed by atoms with Gasteiger partial charge in [-0.05, 0) is 47.1 Å². The molecule has 0 amide bonds. The first kappa shape index (κ1) is 14.0. The summed E-state index contributed by atoms with van der Waals surface area (Å²) in [5, 5.41) is 3.29. The van der Waals surface area contributed by atoms with Crippen LogP contribution < -0.4 is 10.9 Å². The number of fused-ring (bicyclic) bond motifs is 1. The van der Waals surface area contributed by atoms with Crippen molar-refractivity contribution in [2.75, 3.05) is 0 Å². The third-order valence-electron chi connectivity index (χ3n) is 3.24. The molecule has 0 saturated heterocycles. The van der Waals surface area contributed by atoms with Crippen molar-refractivity contribution in [2.24, 2.45) is 0 Å². The Labute approximate surface area is 129 Å². The van der Waals surface area contributed by atoms with Crippen LogP contribution in [0.4, 0.5) is 0 Å². The number of nitrogens with zero attached hydrogens (tertiary/aromatic N) is 2. The molecule has 0 aromatic carbocycles. The normalized spacial score (nSPS) is 12.7. The van der Waals surface area contributed by atoms with Gasteiger partial charge in [0.05, 0.1) is 18.0 Å². The molecular formula is C15H14BrN3O2. The number of hydrogen-bond donors (Lipinski definition) is 1. The lowest BCUT2D eigenvalue weighted by molar-refractivity contribution is 0.428. The second-order valence-electron chi connectivity index (χ2n) is 4.78. The average Bonchev–Trinajstić information content (AvgIpc) is 3.00. The first-order chi connectivity index (χ1) is 10.1. The highest BCUT2D eigenvalue weighted by Crippen LogP contribution is 2.13. The molecule has 0 aliphatic carbocycles. The highest BCUT2D eigenvalue weighted by molar-refractivity contribution is 9.10. The van der Waals surface area contributed by atoms with Gasteiger partial charge in [-0.25, -0.2) is 4.98 Å². The van der Waals surface area contributed by atoms with Crippen molar-refractivity contribution < 1.29 is 4.42 Å². The zero-order valence-electron chi connectivity index (χ0n) is 11.4. The van der Waals surface area contributed by atoms with E-state index in [1.807, 2.05) is 31.2 Å². The van der Waals surface area contributed by atoms with Crippen molar-refractivity contribution in [2.45, 2.75) is 19.5 Å². The maximum absolute atomic E-state index is 12.1. The van der Waals surface area contributed by atoms with Gasteiger partial charge in [0.1, 0.15) is 11.4 Å². The van der Waals surface area contributed by atoms with Crippen LogP contribution in [-0.4, -0.2) is 9.38 Å². The van der Waals surface area contributed by atoms with Gasteiger partial charge in [-0.1, -0.05) is 0 Å². The summed E-state index contributed by atoms with van der Waals surface area (Å²) >= 11 is 3.35. The van der Waals surface area contributed by atoms with Gasteiger partial charge in [-0.15, -0.1) is 0 Å². The van der Waals surface area contributed by atoms with Gasteiger partial charge in [0, 0.05) is 23.3 Å². The smallest absolute Gasteiger partial charge is 0.258 e. The Morgan fingerprint density at radius 3 is 3.05 bits per heavy atom. The third-order valence-corrected chi connectivity index (χ3v) is 3.70. The molecule has 1 atom stereocenters. The summed E-state index contributed by atoms with van der Waals surface area (Å²) in [7, 11) is 0. The van der Waals surface area contributed by atoms with E-state index in [0.717, 1.165) is 10.2 Å². The average molecular weight is 348 g/mol. The Balaban J connectivity index is 1.82. The molecule has 5 nitrogen and oxygen atoms in total. The van der Waals surface area contributed by atoms with Gasteiger partial charge in [0.25, 0.3) is 5.56 Å².